The Morgan fingerprint density at radius 1 is 1.41 bits per heavy atom. The SMILES string of the molecule is CC(CCCN)(C(=O)O)c1ccc(Cl)c(Cl)c1. The Labute approximate surface area is 111 Å². The molecule has 3 N–H and O–H groups in total. The Kier molecular flexibility index (Phi) is 4.80. The summed E-state index contributed by atoms with van der Waals surface area (Å²) >= 11 is 11.7. The third kappa shape index (κ3) is 3.12. The van der Waals surface area contributed by atoms with Crippen LogP contribution in [0.4, 0.5) is 0 Å². The summed E-state index contributed by atoms with van der Waals surface area (Å²) < 4.78 is 0. The van der Waals surface area contributed by atoms with E-state index in [1.54, 1.807) is 25.1 Å². The minimum absolute atomic E-state index is 0.365. The molecule has 1 aromatic rings. The van der Waals surface area contributed by atoms with Gasteiger partial charge in [0.05, 0.1) is 15.5 Å². The number of carbonyl (C=O) groups is 1. The maximum absolute atomic E-state index is 11.4. The average Bonchev–Trinajstić information content (AvgIpc) is 2.29. The predicted molar refractivity (Wildman–Crippen MR) is 69.7 cm³/mol. The van der Waals surface area contributed by atoms with E-state index in [-0.39, 0.29) is 0 Å². The van der Waals surface area contributed by atoms with E-state index in [0.717, 1.165) is 0 Å². The Morgan fingerprint density at radius 2 is 2.06 bits per heavy atom. The Bertz CT molecular complexity index is 423. The third-order valence-corrected chi connectivity index (χ3v) is 3.65. The van der Waals surface area contributed by atoms with Crippen molar-refractivity contribution in [2.45, 2.75) is 25.2 Å². The zero-order chi connectivity index (χ0) is 13.1. The summed E-state index contributed by atoms with van der Waals surface area (Å²) in [6, 6.07) is 4.91. The zero-order valence-corrected chi connectivity index (χ0v) is 11.1. The lowest BCUT2D eigenvalue weighted by atomic mass is 9.78. The van der Waals surface area contributed by atoms with E-state index in [0.29, 0.717) is 35.0 Å². The second-order valence-corrected chi connectivity index (χ2v) is 4.97. The molecule has 17 heavy (non-hydrogen) atoms. The number of carboxylic acids is 1. The highest BCUT2D eigenvalue weighted by atomic mass is 35.5. The lowest BCUT2D eigenvalue weighted by molar-refractivity contribution is -0.143. The first-order chi connectivity index (χ1) is 7.91. The lowest BCUT2D eigenvalue weighted by Gasteiger charge is -2.25. The largest absolute Gasteiger partial charge is 0.481 e. The van der Waals surface area contributed by atoms with Crippen LogP contribution in [0.2, 0.25) is 10.0 Å². The number of aliphatic carboxylic acids is 1. The molecule has 5 heteroatoms. The summed E-state index contributed by atoms with van der Waals surface area (Å²) in [5.41, 5.74) is 5.10. The number of nitrogens with two attached hydrogens (primary N) is 1. The second-order valence-electron chi connectivity index (χ2n) is 4.16. The third-order valence-electron chi connectivity index (χ3n) is 2.91. The number of hydrogen-bond acceptors (Lipinski definition) is 2. The van der Waals surface area contributed by atoms with E-state index in [2.05, 4.69) is 0 Å². The summed E-state index contributed by atoms with van der Waals surface area (Å²) in [6.07, 6.45) is 1.11. The molecule has 0 saturated heterocycles. The summed E-state index contributed by atoms with van der Waals surface area (Å²) in [4.78, 5) is 11.4. The minimum Gasteiger partial charge on any atom is -0.481 e. The highest BCUT2D eigenvalue weighted by molar-refractivity contribution is 6.42. The number of rotatable bonds is 5. The maximum atomic E-state index is 11.4. The second kappa shape index (κ2) is 5.71. The van der Waals surface area contributed by atoms with Crippen molar-refractivity contribution in [3.8, 4) is 0 Å². The molecule has 0 aliphatic rings. The van der Waals surface area contributed by atoms with Gasteiger partial charge in [0.2, 0.25) is 0 Å². The Balaban J connectivity index is 3.13. The van der Waals surface area contributed by atoms with Crippen LogP contribution in [0, 0.1) is 0 Å². The molecule has 3 nitrogen and oxygen atoms in total. The van der Waals surface area contributed by atoms with Crippen LogP contribution in [0.15, 0.2) is 18.2 Å². The van der Waals surface area contributed by atoms with Gasteiger partial charge in [-0.15, -0.1) is 0 Å². The standard InChI is InChI=1S/C12H15Cl2NO2/c1-12(11(16)17,5-2-6-15)8-3-4-9(13)10(14)7-8/h3-4,7H,2,5-6,15H2,1H3,(H,16,17). The van der Waals surface area contributed by atoms with Crippen LogP contribution in [0.25, 0.3) is 0 Å². The van der Waals surface area contributed by atoms with Gasteiger partial charge in [0.15, 0.2) is 0 Å². The first-order valence-corrected chi connectivity index (χ1v) is 6.06. The fourth-order valence-electron chi connectivity index (χ4n) is 1.67. The van der Waals surface area contributed by atoms with Crippen molar-refractivity contribution in [1.82, 2.24) is 0 Å². The van der Waals surface area contributed by atoms with Crippen molar-refractivity contribution in [2.75, 3.05) is 6.54 Å². The van der Waals surface area contributed by atoms with Crippen LogP contribution in [0.5, 0.6) is 0 Å². The average molecular weight is 276 g/mol. The molecule has 0 heterocycles. The van der Waals surface area contributed by atoms with Crippen molar-refractivity contribution in [2.24, 2.45) is 5.73 Å². The molecule has 1 atom stereocenters. The summed E-state index contributed by atoms with van der Waals surface area (Å²) in [6.45, 7) is 2.13. The molecule has 1 rings (SSSR count). The van der Waals surface area contributed by atoms with Crippen LogP contribution >= 0.6 is 23.2 Å². The van der Waals surface area contributed by atoms with Crippen molar-refractivity contribution in [3.05, 3.63) is 33.8 Å². The molecule has 1 aromatic carbocycles. The van der Waals surface area contributed by atoms with E-state index in [9.17, 15) is 9.90 Å². The van der Waals surface area contributed by atoms with Crippen LogP contribution in [0.1, 0.15) is 25.3 Å². The maximum Gasteiger partial charge on any atom is 0.313 e. The Hall–Kier alpha value is -0.770. The molecular weight excluding hydrogens is 261 g/mol. The summed E-state index contributed by atoms with van der Waals surface area (Å²) in [7, 11) is 0. The molecule has 94 valence electrons. The van der Waals surface area contributed by atoms with Gasteiger partial charge in [-0.3, -0.25) is 4.79 Å². The number of hydrogen-bond donors (Lipinski definition) is 2. The van der Waals surface area contributed by atoms with Crippen LogP contribution in [-0.4, -0.2) is 17.6 Å². The summed E-state index contributed by atoms with van der Waals surface area (Å²) in [5.74, 6) is -0.885. The van der Waals surface area contributed by atoms with Crippen LogP contribution in [0.3, 0.4) is 0 Å². The highest BCUT2D eigenvalue weighted by Gasteiger charge is 2.34. The molecule has 0 aliphatic heterocycles. The molecular formula is C12H15Cl2NO2. The molecule has 0 aliphatic carbocycles. The van der Waals surface area contributed by atoms with E-state index in [1.165, 1.54) is 0 Å². The van der Waals surface area contributed by atoms with E-state index in [1.807, 2.05) is 0 Å². The van der Waals surface area contributed by atoms with Gasteiger partial charge in [-0.2, -0.15) is 0 Å². The molecule has 0 bridgehead atoms. The first kappa shape index (κ1) is 14.3. The fraction of sp³-hybridized carbons (Fsp3) is 0.417. The van der Waals surface area contributed by atoms with E-state index >= 15 is 0 Å². The van der Waals surface area contributed by atoms with Crippen molar-refractivity contribution in [3.63, 3.8) is 0 Å². The lowest BCUT2D eigenvalue weighted by Crippen LogP contribution is -2.33. The number of benzene rings is 1. The number of carboxylic acid groups (broad SMARTS) is 1. The van der Waals surface area contributed by atoms with Crippen molar-refractivity contribution < 1.29 is 9.90 Å². The van der Waals surface area contributed by atoms with Gasteiger partial charge in [0.1, 0.15) is 0 Å². The van der Waals surface area contributed by atoms with Gasteiger partial charge in [-0.1, -0.05) is 29.3 Å². The van der Waals surface area contributed by atoms with Crippen molar-refractivity contribution >= 4 is 29.2 Å². The fourth-order valence-corrected chi connectivity index (χ4v) is 1.97. The normalized spacial score (nSPS) is 14.4. The smallest absolute Gasteiger partial charge is 0.313 e. The Morgan fingerprint density at radius 3 is 2.53 bits per heavy atom. The van der Waals surface area contributed by atoms with Gasteiger partial charge >= 0.3 is 5.97 Å². The molecule has 0 spiro atoms. The van der Waals surface area contributed by atoms with E-state index in [4.69, 9.17) is 28.9 Å². The van der Waals surface area contributed by atoms with Gasteiger partial charge in [-0.25, -0.2) is 0 Å². The molecule has 1 unspecified atom stereocenters. The monoisotopic (exact) mass is 275 g/mol. The zero-order valence-electron chi connectivity index (χ0n) is 9.54. The van der Waals surface area contributed by atoms with E-state index < -0.39 is 11.4 Å². The van der Waals surface area contributed by atoms with Crippen LogP contribution < -0.4 is 5.73 Å². The predicted octanol–water partition coefficient (Wildman–Crippen LogP) is 3.07. The molecule has 0 fully saturated rings. The molecule has 0 radical (unpaired) electrons. The highest BCUT2D eigenvalue weighted by Crippen LogP contribution is 2.33. The number of halogens is 2. The van der Waals surface area contributed by atoms with Crippen LogP contribution in [-0.2, 0) is 10.2 Å². The van der Waals surface area contributed by atoms with Gasteiger partial charge in [0.25, 0.3) is 0 Å². The quantitative estimate of drug-likeness (QED) is 0.868. The minimum atomic E-state index is -0.979. The summed E-state index contributed by atoms with van der Waals surface area (Å²) in [5, 5.41) is 10.1. The molecule has 0 aromatic heterocycles. The van der Waals surface area contributed by atoms with Gasteiger partial charge in [0, 0.05) is 0 Å². The molecule has 0 amide bonds. The first-order valence-electron chi connectivity index (χ1n) is 5.31. The van der Waals surface area contributed by atoms with Gasteiger partial charge in [-0.05, 0) is 44.0 Å². The van der Waals surface area contributed by atoms with Gasteiger partial charge < -0.3 is 10.8 Å². The molecule has 0 saturated carbocycles. The topological polar surface area (TPSA) is 63.3 Å². The van der Waals surface area contributed by atoms with Crippen molar-refractivity contribution in [1.29, 1.82) is 0 Å².